The lowest BCUT2D eigenvalue weighted by molar-refractivity contribution is -0.133. The van der Waals surface area contributed by atoms with Crippen LogP contribution < -0.4 is 5.32 Å². The van der Waals surface area contributed by atoms with E-state index in [-0.39, 0.29) is 17.9 Å². The van der Waals surface area contributed by atoms with E-state index in [0.29, 0.717) is 19.4 Å². The summed E-state index contributed by atoms with van der Waals surface area (Å²) in [4.78, 5) is 29.5. The number of pyridine rings is 1. The highest BCUT2D eigenvalue weighted by atomic mass is 16.2. The fraction of sp³-hybridized carbons (Fsp3) is 0.533. The number of hydrogen-bond donors (Lipinski definition) is 1. The highest BCUT2D eigenvalue weighted by Gasteiger charge is 2.24. The lowest BCUT2D eigenvalue weighted by Gasteiger charge is -2.33. The average Bonchev–Trinajstić information content (AvgIpc) is 2.48. The lowest BCUT2D eigenvalue weighted by atomic mass is 10.0. The molecule has 1 aliphatic heterocycles. The van der Waals surface area contributed by atoms with E-state index in [0.717, 1.165) is 24.9 Å². The number of nitrogens with zero attached hydrogens (tertiary/aromatic N) is 2. The Kier molecular flexibility index (Phi) is 5.09. The number of nitrogens with one attached hydrogen (secondary N) is 1. The number of carbonyl (C=O) groups is 2. The smallest absolute Gasteiger partial charge is 0.227 e. The van der Waals surface area contributed by atoms with Gasteiger partial charge >= 0.3 is 0 Å². The van der Waals surface area contributed by atoms with E-state index in [1.165, 1.54) is 0 Å². The first kappa shape index (κ1) is 14.5. The van der Waals surface area contributed by atoms with Gasteiger partial charge in [-0.3, -0.25) is 14.6 Å². The molecular formula is C15H21N3O2. The van der Waals surface area contributed by atoms with E-state index < -0.39 is 0 Å². The molecule has 108 valence electrons. The number of hydrogen-bond acceptors (Lipinski definition) is 3. The summed E-state index contributed by atoms with van der Waals surface area (Å²) in [6.45, 7) is 3.24. The number of amides is 2. The first-order valence-corrected chi connectivity index (χ1v) is 7.15. The van der Waals surface area contributed by atoms with Gasteiger partial charge in [0.1, 0.15) is 0 Å². The summed E-state index contributed by atoms with van der Waals surface area (Å²) < 4.78 is 0. The van der Waals surface area contributed by atoms with Gasteiger partial charge in [-0.15, -0.1) is 0 Å². The van der Waals surface area contributed by atoms with E-state index in [1.807, 2.05) is 24.0 Å². The minimum Gasteiger partial charge on any atom is -0.352 e. The Morgan fingerprint density at radius 1 is 1.40 bits per heavy atom. The van der Waals surface area contributed by atoms with E-state index in [4.69, 9.17) is 0 Å². The highest BCUT2D eigenvalue weighted by molar-refractivity contribution is 5.79. The molecule has 1 fully saturated rings. The van der Waals surface area contributed by atoms with Gasteiger partial charge in [0.2, 0.25) is 11.8 Å². The molecule has 0 unspecified atom stereocenters. The maximum atomic E-state index is 12.3. The van der Waals surface area contributed by atoms with Crippen LogP contribution in [0.5, 0.6) is 0 Å². The van der Waals surface area contributed by atoms with Gasteiger partial charge in [-0.05, 0) is 30.5 Å². The molecule has 0 aromatic carbocycles. The molecule has 1 aromatic rings. The molecule has 5 nitrogen and oxygen atoms in total. The van der Waals surface area contributed by atoms with Crippen LogP contribution in [0.15, 0.2) is 24.5 Å². The molecule has 1 aliphatic rings. The van der Waals surface area contributed by atoms with Crippen molar-refractivity contribution in [1.29, 1.82) is 0 Å². The van der Waals surface area contributed by atoms with Crippen LogP contribution in [-0.2, 0) is 16.0 Å². The molecule has 20 heavy (non-hydrogen) atoms. The Morgan fingerprint density at radius 3 is 2.85 bits per heavy atom. The minimum absolute atomic E-state index is 0.0541. The molecule has 2 amide bonds. The van der Waals surface area contributed by atoms with Crippen LogP contribution in [0.1, 0.15) is 31.7 Å². The second-order valence-corrected chi connectivity index (χ2v) is 5.13. The van der Waals surface area contributed by atoms with Crippen molar-refractivity contribution in [2.75, 3.05) is 13.1 Å². The van der Waals surface area contributed by atoms with Crippen molar-refractivity contribution >= 4 is 11.8 Å². The van der Waals surface area contributed by atoms with Gasteiger partial charge in [-0.2, -0.15) is 0 Å². The number of piperidine rings is 1. The van der Waals surface area contributed by atoms with Crippen LogP contribution in [0.25, 0.3) is 0 Å². The first-order chi connectivity index (χ1) is 9.69. The van der Waals surface area contributed by atoms with Crippen LogP contribution in [-0.4, -0.2) is 40.8 Å². The van der Waals surface area contributed by atoms with Crippen molar-refractivity contribution in [2.24, 2.45) is 0 Å². The molecule has 0 bridgehead atoms. The van der Waals surface area contributed by atoms with Crippen LogP contribution in [0.4, 0.5) is 0 Å². The van der Waals surface area contributed by atoms with Crippen LogP contribution in [0.3, 0.4) is 0 Å². The summed E-state index contributed by atoms with van der Waals surface area (Å²) in [5, 5.41) is 2.97. The van der Waals surface area contributed by atoms with Gasteiger partial charge in [0.15, 0.2) is 0 Å². The number of carbonyl (C=O) groups excluding carboxylic acids is 2. The largest absolute Gasteiger partial charge is 0.352 e. The van der Waals surface area contributed by atoms with Crippen LogP contribution in [0.2, 0.25) is 0 Å². The second-order valence-electron chi connectivity index (χ2n) is 5.13. The van der Waals surface area contributed by atoms with Gasteiger partial charge in [0.05, 0.1) is 6.42 Å². The fourth-order valence-corrected chi connectivity index (χ4v) is 2.44. The van der Waals surface area contributed by atoms with Crippen LogP contribution >= 0.6 is 0 Å². The predicted molar refractivity (Wildman–Crippen MR) is 76.0 cm³/mol. The SMILES string of the molecule is CCC(=O)N[C@H]1CCCN(C(=O)Cc2ccncc2)C1. The lowest BCUT2D eigenvalue weighted by Crippen LogP contribution is -2.49. The third kappa shape index (κ3) is 4.05. The van der Waals surface area contributed by atoms with Gasteiger partial charge in [0.25, 0.3) is 0 Å². The summed E-state index contributed by atoms with van der Waals surface area (Å²) in [6.07, 6.45) is 6.17. The summed E-state index contributed by atoms with van der Waals surface area (Å²) >= 11 is 0. The summed E-state index contributed by atoms with van der Waals surface area (Å²) in [7, 11) is 0. The zero-order valence-electron chi connectivity index (χ0n) is 11.8. The monoisotopic (exact) mass is 275 g/mol. The van der Waals surface area contributed by atoms with E-state index in [2.05, 4.69) is 10.3 Å². The number of likely N-dealkylation sites (tertiary alicyclic amines) is 1. The molecule has 0 radical (unpaired) electrons. The highest BCUT2D eigenvalue weighted by Crippen LogP contribution is 2.12. The molecule has 0 saturated carbocycles. The first-order valence-electron chi connectivity index (χ1n) is 7.15. The van der Waals surface area contributed by atoms with E-state index in [9.17, 15) is 9.59 Å². The molecule has 1 saturated heterocycles. The summed E-state index contributed by atoms with van der Waals surface area (Å²) in [5.41, 5.74) is 0.977. The molecule has 2 rings (SSSR count). The molecule has 2 heterocycles. The Hall–Kier alpha value is -1.91. The predicted octanol–water partition coefficient (Wildman–Crippen LogP) is 1.14. The molecule has 1 N–H and O–H groups in total. The molecular weight excluding hydrogens is 254 g/mol. The summed E-state index contributed by atoms with van der Waals surface area (Å²) in [6, 6.07) is 3.81. The number of rotatable bonds is 4. The summed E-state index contributed by atoms with van der Waals surface area (Å²) in [5.74, 6) is 0.171. The van der Waals surface area contributed by atoms with Gasteiger partial charge in [0, 0.05) is 37.9 Å². The minimum atomic E-state index is 0.0541. The standard InChI is InChI=1S/C15H21N3O2/c1-2-14(19)17-13-4-3-9-18(11-13)15(20)10-12-5-7-16-8-6-12/h5-8,13H,2-4,9-11H2,1H3,(H,17,19)/t13-/m0/s1. The van der Waals surface area contributed by atoms with Crippen molar-refractivity contribution in [3.63, 3.8) is 0 Å². The molecule has 0 aliphatic carbocycles. The number of aromatic nitrogens is 1. The normalized spacial score (nSPS) is 18.6. The zero-order valence-corrected chi connectivity index (χ0v) is 11.8. The Balaban J connectivity index is 1.88. The van der Waals surface area contributed by atoms with Gasteiger partial charge in [-0.1, -0.05) is 6.92 Å². The Bertz CT molecular complexity index is 461. The maximum absolute atomic E-state index is 12.3. The quantitative estimate of drug-likeness (QED) is 0.896. The Labute approximate surface area is 119 Å². The van der Waals surface area contributed by atoms with Crippen molar-refractivity contribution in [1.82, 2.24) is 15.2 Å². The third-order valence-electron chi connectivity index (χ3n) is 3.57. The molecule has 5 heteroatoms. The second kappa shape index (κ2) is 7.03. The van der Waals surface area contributed by atoms with E-state index in [1.54, 1.807) is 12.4 Å². The van der Waals surface area contributed by atoms with Gasteiger partial charge < -0.3 is 10.2 Å². The topological polar surface area (TPSA) is 62.3 Å². The molecule has 1 atom stereocenters. The van der Waals surface area contributed by atoms with Crippen molar-refractivity contribution in [3.8, 4) is 0 Å². The van der Waals surface area contributed by atoms with E-state index >= 15 is 0 Å². The van der Waals surface area contributed by atoms with Crippen molar-refractivity contribution in [2.45, 2.75) is 38.6 Å². The zero-order chi connectivity index (χ0) is 14.4. The Morgan fingerprint density at radius 2 is 2.15 bits per heavy atom. The van der Waals surface area contributed by atoms with Gasteiger partial charge in [-0.25, -0.2) is 0 Å². The van der Waals surface area contributed by atoms with Crippen molar-refractivity contribution in [3.05, 3.63) is 30.1 Å². The fourth-order valence-electron chi connectivity index (χ4n) is 2.44. The van der Waals surface area contributed by atoms with Crippen LogP contribution in [0, 0.1) is 0 Å². The molecule has 0 spiro atoms. The molecule has 1 aromatic heterocycles. The maximum Gasteiger partial charge on any atom is 0.227 e. The third-order valence-corrected chi connectivity index (χ3v) is 3.57. The average molecular weight is 275 g/mol. The van der Waals surface area contributed by atoms with Crippen molar-refractivity contribution < 1.29 is 9.59 Å².